The molecular weight excluding hydrogens is 355 g/mol. The molecule has 1 heterocycles. The molecule has 2 rings (SSSR count). The number of amides is 1. The first kappa shape index (κ1) is 20.0. The van der Waals surface area contributed by atoms with Crippen molar-refractivity contribution < 1.29 is 13.9 Å². The van der Waals surface area contributed by atoms with Gasteiger partial charge in [-0.1, -0.05) is 36.9 Å². The number of rotatable bonds is 10. The minimum Gasteiger partial charge on any atom is -0.483 e. The molecule has 0 spiro atoms. The number of thioether (sulfide) groups is 1. The van der Waals surface area contributed by atoms with Crippen LogP contribution in [0.25, 0.3) is 0 Å². The summed E-state index contributed by atoms with van der Waals surface area (Å²) in [6, 6.07) is 6.32. The predicted molar refractivity (Wildman–Crippen MR) is 99.6 cm³/mol. The van der Waals surface area contributed by atoms with Crippen molar-refractivity contribution in [1.82, 2.24) is 20.1 Å². The van der Waals surface area contributed by atoms with Crippen LogP contribution in [0.5, 0.6) is 5.75 Å². The quantitative estimate of drug-likeness (QED) is 0.508. The standard InChI is InChI=1S/C18H23FN4O2S/c1-4-10-23-16(11-25-15-9-7-6-8-14(15)19)21-22-18(23)26-12-17(24)20-13(3)5-2/h4,6-9,13H,1,5,10-12H2,2-3H3,(H,20,24). The maximum Gasteiger partial charge on any atom is 0.230 e. The molecule has 2 aromatic rings. The smallest absolute Gasteiger partial charge is 0.230 e. The molecule has 1 N–H and O–H groups in total. The van der Waals surface area contributed by atoms with Crippen LogP contribution in [-0.4, -0.2) is 32.5 Å². The van der Waals surface area contributed by atoms with E-state index < -0.39 is 5.82 Å². The molecule has 1 unspecified atom stereocenters. The van der Waals surface area contributed by atoms with Crippen LogP contribution in [0, 0.1) is 5.82 Å². The lowest BCUT2D eigenvalue weighted by Gasteiger charge is -2.11. The van der Waals surface area contributed by atoms with E-state index in [1.807, 2.05) is 13.8 Å². The molecule has 0 saturated heterocycles. The first-order chi connectivity index (χ1) is 12.5. The molecule has 1 aromatic heterocycles. The van der Waals surface area contributed by atoms with Crippen molar-refractivity contribution in [1.29, 1.82) is 0 Å². The number of benzene rings is 1. The summed E-state index contributed by atoms with van der Waals surface area (Å²) in [5.41, 5.74) is 0. The van der Waals surface area contributed by atoms with Gasteiger partial charge in [-0.3, -0.25) is 9.36 Å². The summed E-state index contributed by atoms with van der Waals surface area (Å²) in [6.45, 7) is 8.25. The van der Waals surface area contributed by atoms with E-state index in [0.717, 1.165) is 6.42 Å². The Labute approximate surface area is 156 Å². The van der Waals surface area contributed by atoms with Gasteiger partial charge in [0.25, 0.3) is 0 Å². The topological polar surface area (TPSA) is 69.0 Å². The van der Waals surface area contributed by atoms with Crippen LogP contribution >= 0.6 is 11.8 Å². The number of allylic oxidation sites excluding steroid dienone is 1. The Morgan fingerprint density at radius 2 is 2.23 bits per heavy atom. The zero-order chi connectivity index (χ0) is 18.9. The third-order valence-electron chi connectivity index (χ3n) is 3.65. The van der Waals surface area contributed by atoms with Crippen molar-refractivity contribution in [3.8, 4) is 5.75 Å². The van der Waals surface area contributed by atoms with Crippen molar-refractivity contribution in [2.75, 3.05) is 5.75 Å². The van der Waals surface area contributed by atoms with Crippen LogP contribution in [0.1, 0.15) is 26.1 Å². The molecule has 0 bridgehead atoms. The van der Waals surface area contributed by atoms with Crippen molar-refractivity contribution in [2.45, 2.75) is 44.6 Å². The number of carbonyl (C=O) groups excluding carboxylic acids is 1. The van der Waals surface area contributed by atoms with Gasteiger partial charge in [-0.25, -0.2) is 4.39 Å². The summed E-state index contributed by atoms with van der Waals surface area (Å²) in [7, 11) is 0. The Hall–Kier alpha value is -2.35. The Balaban J connectivity index is 2.01. The molecule has 1 atom stereocenters. The Morgan fingerprint density at radius 1 is 1.46 bits per heavy atom. The van der Waals surface area contributed by atoms with E-state index in [-0.39, 0.29) is 30.1 Å². The maximum atomic E-state index is 13.7. The molecule has 0 aliphatic rings. The lowest BCUT2D eigenvalue weighted by molar-refractivity contribution is -0.119. The van der Waals surface area contributed by atoms with Gasteiger partial charge in [-0.2, -0.15) is 0 Å². The second kappa shape index (κ2) is 9.96. The zero-order valence-electron chi connectivity index (χ0n) is 14.9. The molecule has 0 saturated carbocycles. The van der Waals surface area contributed by atoms with Gasteiger partial charge in [0.2, 0.25) is 5.91 Å². The molecular formula is C18H23FN4O2S. The summed E-state index contributed by atoms with van der Waals surface area (Å²) in [5, 5.41) is 11.7. The Morgan fingerprint density at radius 3 is 2.92 bits per heavy atom. The summed E-state index contributed by atoms with van der Waals surface area (Å²) in [6.07, 6.45) is 2.58. The van der Waals surface area contributed by atoms with Crippen molar-refractivity contribution >= 4 is 17.7 Å². The van der Waals surface area contributed by atoms with E-state index in [0.29, 0.717) is 17.5 Å². The zero-order valence-corrected chi connectivity index (χ0v) is 15.8. The van der Waals surface area contributed by atoms with Gasteiger partial charge >= 0.3 is 0 Å². The van der Waals surface area contributed by atoms with Gasteiger partial charge in [0.1, 0.15) is 6.61 Å². The first-order valence-corrected chi connectivity index (χ1v) is 9.36. The van der Waals surface area contributed by atoms with E-state index in [2.05, 4.69) is 22.1 Å². The normalized spacial score (nSPS) is 11.8. The molecule has 8 heteroatoms. The number of hydrogen-bond acceptors (Lipinski definition) is 5. The van der Waals surface area contributed by atoms with E-state index in [4.69, 9.17) is 4.74 Å². The van der Waals surface area contributed by atoms with Crippen molar-refractivity contribution in [3.05, 3.63) is 48.6 Å². The fraction of sp³-hybridized carbons (Fsp3) is 0.389. The number of aromatic nitrogens is 3. The lowest BCUT2D eigenvalue weighted by atomic mass is 10.3. The van der Waals surface area contributed by atoms with Gasteiger partial charge in [-0.05, 0) is 25.5 Å². The highest BCUT2D eigenvalue weighted by Crippen LogP contribution is 2.20. The molecule has 0 aliphatic carbocycles. The van der Waals surface area contributed by atoms with E-state index in [1.165, 1.54) is 17.8 Å². The fourth-order valence-corrected chi connectivity index (χ4v) is 2.88. The highest BCUT2D eigenvalue weighted by Gasteiger charge is 2.15. The van der Waals surface area contributed by atoms with E-state index in [9.17, 15) is 9.18 Å². The minimum atomic E-state index is -0.432. The molecule has 1 aromatic carbocycles. The Bertz CT molecular complexity index is 751. The molecule has 0 radical (unpaired) electrons. The highest BCUT2D eigenvalue weighted by atomic mass is 32.2. The van der Waals surface area contributed by atoms with Crippen LogP contribution in [0.3, 0.4) is 0 Å². The molecule has 1 amide bonds. The van der Waals surface area contributed by atoms with Gasteiger partial charge in [0.05, 0.1) is 5.75 Å². The summed E-state index contributed by atoms with van der Waals surface area (Å²) in [5.74, 6) is 0.453. The van der Waals surface area contributed by atoms with Crippen LogP contribution in [0.2, 0.25) is 0 Å². The van der Waals surface area contributed by atoms with Gasteiger partial charge in [0.15, 0.2) is 22.5 Å². The van der Waals surface area contributed by atoms with Crippen LogP contribution in [-0.2, 0) is 17.9 Å². The average Bonchev–Trinajstić information content (AvgIpc) is 3.01. The number of carbonyl (C=O) groups is 1. The SMILES string of the molecule is C=CCn1c(COc2ccccc2F)nnc1SCC(=O)NC(C)CC. The van der Waals surface area contributed by atoms with E-state index >= 15 is 0 Å². The number of nitrogens with one attached hydrogen (secondary N) is 1. The lowest BCUT2D eigenvalue weighted by Crippen LogP contribution is -2.33. The molecule has 140 valence electrons. The highest BCUT2D eigenvalue weighted by molar-refractivity contribution is 7.99. The molecule has 6 nitrogen and oxygen atoms in total. The van der Waals surface area contributed by atoms with Gasteiger partial charge in [0, 0.05) is 12.6 Å². The number of halogens is 1. The fourth-order valence-electron chi connectivity index (χ4n) is 2.10. The number of nitrogens with zero attached hydrogens (tertiary/aromatic N) is 3. The van der Waals surface area contributed by atoms with Crippen LogP contribution in [0.15, 0.2) is 42.1 Å². The van der Waals surface area contributed by atoms with Gasteiger partial charge in [-0.15, -0.1) is 16.8 Å². The second-order valence-electron chi connectivity index (χ2n) is 5.68. The molecule has 0 fully saturated rings. The maximum absolute atomic E-state index is 13.7. The molecule has 0 aliphatic heterocycles. The van der Waals surface area contributed by atoms with Crippen LogP contribution < -0.4 is 10.1 Å². The third kappa shape index (κ3) is 5.59. The number of para-hydroxylation sites is 1. The van der Waals surface area contributed by atoms with Crippen LogP contribution in [0.4, 0.5) is 4.39 Å². The average molecular weight is 378 g/mol. The monoisotopic (exact) mass is 378 g/mol. The Kier molecular flexibility index (Phi) is 7.65. The van der Waals surface area contributed by atoms with Gasteiger partial charge < -0.3 is 10.1 Å². The number of ether oxygens (including phenoxy) is 1. The summed E-state index contributed by atoms with van der Waals surface area (Å²) >= 11 is 1.29. The third-order valence-corrected chi connectivity index (χ3v) is 4.62. The van der Waals surface area contributed by atoms with Crippen molar-refractivity contribution in [3.63, 3.8) is 0 Å². The first-order valence-electron chi connectivity index (χ1n) is 8.37. The summed E-state index contributed by atoms with van der Waals surface area (Å²) in [4.78, 5) is 11.9. The largest absolute Gasteiger partial charge is 0.483 e. The number of hydrogen-bond donors (Lipinski definition) is 1. The van der Waals surface area contributed by atoms with E-state index in [1.54, 1.807) is 28.8 Å². The summed E-state index contributed by atoms with van der Waals surface area (Å²) < 4.78 is 21.0. The predicted octanol–water partition coefficient (Wildman–Crippen LogP) is 3.19. The second-order valence-corrected chi connectivity index (χ2v) is 6.63. The molecule has 26 heavy (non-hydrogen) atoms. The minimum absolute atomic E-state index is 0.0540. The van der Waals surface area contributed by atoms with Crippen molar-refractivity contribution in [2.24, 2.45) is 0 Å².